The Morgan fingerprint density at radius 2 is 0.730 bits per heavy atom. The maximum absolute atomic E-state index is 15.3. The zero-order valence-electron chi connectivity index (χ0n) is 83.9. The molecular weight excluding hydrogens is 2030 g/mol. The minimum atomic E-state index is -0.712. The summed E-state index contributed by atoms with van der Waals surface area (Å²) in [4.78, 5) is 146. The van der Waals surface area contributed by atoms with Gasteiger partial charge in [-0.25, -0.2) is 70.9 Å². The van der Waals surface area contributed by atoms with Crippen LogP contribution >= 0.6 is 22.6 Å². The molecule has 9 atom stereocenters. The van der Waals surface area contributed by atoms with Gasteiger partial charge < -0.3 is 83.3 Å². The molecule has 6 aromatic heterocycles. The third kappa shape index (κ3) is 24.4. The number of rotatable bonds is 27. The van der Waals surface area contributed by atoms with E-state index in [0.29, 0.717) is 100 Å². The molecule has 0 spiro atoms. The molecule has 19 rings (SSSR count). The van der Waals surface area contributed by atoms with Gasteiger partial charge in [0.1, 0.15) is 71.4 Å². The van der Waals surface area contributed by atoms with Gasteiger partial charge in [-0.1, -0.05) is 130 Å². The molecule has 41 nitrogen and oxygen atoms in total. The lowest BCUT2D eigenvalue weighted by Gasteiger charge is -2.32. The van der Waals surface area contributed by atoms with Gasteiger partial charge in [-0.05, 0) is 194 Å². The van der Waals surface area contributed by atoms with Crippen LogP contribution in [-0.4, -0.2) is 259 Å². The summed E-state index contributed by atoms with van der Waals surface area (Å²) in [5, 5.41) is 30.8. The van der Waals surface area contributed by atoms with Crippen LogP contribution in [0, 0.1) is 38.8 Å². The van der Waals surface area contributed by atoms with Gasteiger partial charge in [-0.3, -0.25) is 29.1 Å². The van der Waals surface area contributed by atoms with Crippen LogP contribution in [-0.2, 0) is 71.7 Å². The Kier molecular flexibility index (Phi) is 33.1. The van der Waals surface area contributed by atoms with Crippen LogP contribution in [0.15, 0.2) is 183 Å². The minimum Gasteiger partial charge on any atom is -0.453 e. The summed E-state index contributed by atoms with van der Waals surface area (Å²) in [7, 11) is 3.42. The highest BCUT2D eigenvalue weighted by Crippen LogP contribution is 2.42. The summed E-state index contributed by atoms with van der Waals surface area (Å²) < 4.78 is 92.1. The number of amides is 9. The number of H-pyrrole nitrogens is 3. The van der Waals surface area contributed by atoms with Gasteiger partial charge in [0.05, 0.1) is 161 Å². The molecule has 0 unspecified atom stereocenters. The predicted octanol–water partition coefficient (Wildman–Crippen LogP) is 14.6. The van der Waals surface area contributed by atoms with Crippen molar-refractivity contribution in [3.05, 3.63) is 222 Å². The number of halogens is 4. The monoisotopic (exact) mass is 2140 g/mol. The van der Waals surface area contributed by atoms with Crippen LogP contribution in [0.25, 0.3) is 56.0 Å². The second-order valence-electron chi connectivity index (χ2n) is 38.7. The highest BCUT2D eigenvalue weighted by Gasteiger charge is 2.52. The summed E-state index contributed by atoms with van der Waals surface area (Å²) in [6, 6.07) is 34.1. The summed E-state index contributed by atoms with van der Waals surface area (Å²) in [6.07, 6.45) is 15.1. The molecule has 12 aromatic rings. The van der Waals surface area contributed by atoms with Gasteiger partial charge in [0.25, 0.3) is 0 Å². The average molecular weight is 2150 g/mol. The Morgan fingerprint density at radius 1 is 0.432 bits per heavy atom. The van der Waals surface area contributed by atoms with Crippen LogP contribution in [0.1, 0.15) is 143 Å². The molecule has 9 amide bonds. The Morgan fingerprint density at radius 3 is 1.01 bits per heavy atom. The number of alkyl carbamates (subject to hydrolysis) is 3. The number of imidazole rings is 3. The van der Waals surface area contributed by atoms with E-state index in [1.54, 1.807) is 116 Å². The van der Waals surface area contributed by atoms with E-state index in [-0.39, 0.29) is 89.8 Å². The smallest absolute Gasteiger partial charge is 0.453 e. The standard InChI is InChI=1S/2C32H35FN8O5.C26H37BN4O5.C12H10FIN4O2/c2*1-19(2)28(37-31(43)45-3)30(42)40-13-4-5-27(40)29-34-16-26(36-29)21-8-6-20(7-9-21)24-11-10-22(15-25(24)33)41-18-23(46-32(41)44)17-39-14-12-35-38-39;1-16(2)21(30-24(33)34-7)23(32)31-14-8-9-20(31)22-28-15-19(29-22)17-10-12-18(13-11-17)27-35-25(3,4)26(5,6)36-27;13-10-5-8(1-2-11(10)14)18-7-9(20-12(18)19)6-17-4-3-15-16-17/h2*6-12,14-16,19,23,27-28H,4-5,13,17-18H2,1-3H3,(H,34,36)(H,37,43);10-13,15-16,20-21H,8-9,14H2,1-7H3,(H,28,29)(H,30,33);1-5,9H,6-7H2/t2*23-,27-,28-;20-,21-;9-/m0000/s1. The summed E-state index contributed by atoms with van der Waals surface area (Å²) in [6.45, 7) is 23.3. The van der Waals surface area contributed by atoms with E-state index >= 15 is 8.78 Å². The van der Waals surface area contributed by atoms with Crippen LogP contribution in [0.2, 0.25) is 0 Å². The molecule has 778 valence electrons. The average Bonchev–Trinajstić information content (AvgIpc) is 1.62. The first-order valence-corrected chi connectivity index (χ1v) is 49.9. The molecular formula is C102H117BF3IN24O17. The number of carbonyl (C=O) groups excluding carboxylic acids is 9. The second-order valence-corrected chi connectivity index (χ2v) is 39.9. The van der Waals surface area contributed by atoms with Crippen molar-refractivity contribution < 1.29 is 94.1 Å². The van der Waals surface area contributed by atoms with Crippen molar-refractivity contribution in [2.24, 2.45) is 17.8 Å². The maximum Gasteiger partial charge on any atom is 0.494 e. The molecule has 0 radical (unpaired) electrons. The van der Waals surface area contributed by atoms with Crippen molar-refractivity contribution in [1.82, 2.24) is 106 Å². The molecule has 148 heavy (non-hydrogen) atoms. The summed E-state index contributed by atoms with van der Waals surface area (Å²) in [5.41, 5.74) is 8.71. The molecule has 0 bridgehead atoms. The lowest BCUT2D eigenvalue weighted by atomic mass is 9.79. The first kappa shape index (κ1) is 106. The third-order valence-corrected chi connectivity index (χ3v) is 28.1. The zero-order chi connectivity index (χ0) is 105. The van der Waals surface area contributed by atoms with Crippen LogP contribution in [0.5, 0.6) is 0 Å². The Labute approximate surface area is 865 Å². The van der Waals surface area contributed by atoms with Crippen molar-refractivity contribution in [3.63, 3.8) is 0 Å². The van der Waals surface area contributed by atoms with Crippen LogP contribution in [0.3, 0.4) is 0 Å². The second kappa shape index (κ2) is 46.3. The molecule has 7 saturated heterocycles. The number of likely N-dealkylation sites (tertiary alicyclic amines) is 3. The van der Waals surface area contributed by atoms with Gasteiger partial charge in [0, 0.05) is 52.9 Å². The van der Waals surface area contributed by atoms with E-state index in [0.717, 1.165) is 83.6 Å². The fourth-order valence-corrected chi connectivity index (χ4v) is 18.9. The van der Waals surface area contributed by atoms with Gasteiger partial charge in [-0.2, -0.15) is 0 Å². The Hall–Kier alpha value is -15.1. The van der Waals surface area contributed by atoms with E-state index in [1.807, 2.05) is 170 Å². The molecule has 7 aliphatic rings. The van der Waals surface area contributed by atoms with Gasteiger partial charge >= 0.3 is 43.7 Å². The lowest BCUT2D eigenvalue weighted by Crippen LogP contribution is -2.51. The van der Waals surface area contributed by atoms with Gasteiger partial charge in [0.15, 0.2) is 0 Å². The number of hydrogen-bond donors (Lipinski definition) is 6. The fourth-order valence-electron chi connectivity index (χ4n) is 18.6. The highest BCUT2D eigenvalue weighted by atomic mass is 127. The molecule has 7 aliphatic heterocycles. The first-order valence-electron chi connectivity index (χ1n) is 48.8. The van der Waals surface area contributed by atoms with E-state index in [1.165, 1.54) is 54.2 Å². The summed E-state index contributed by atoms with van der Waals surface area (Å²) >= 11 is 1.90. The number of hydrogen-bond acceptors (Lipinski definition) is 26. The Balaban J connectivity index is 0.000000146. The van der Waals surface area contributed by atoms with E-state index < -0.39 is 85.6 Å². The zero-order valence-corrected chi connectivity index (χ0v) is 86.1. The molecule has 7 fully saturated rings. The van der Waals surface area contributed by atoms with Crippen molar-refractivity contribution in [2.45, 2.75) is 193 Å². The first-order chi connectivity index (χ1) is 71.0. The maximum atomic E-state index is 15.3. The SMILES string of the molecule is COC(=O)N[C@H](C(=O)N1CCC[C@H]1c1ncc(-c2ccc(-c3ccc(N4C[C@H](Cn5ccnn5)OC4=O)cc3F)cc2)[nH]1)C(C)C.COC(=O)N[C@H](C(=O)N1CCC[C@H]1c1ncc(-c2ccc(-c3ccc(N4C[C@H](Cn5ccnn5)OC4=O)cc3F)cc2)[nH]1)C(C)C.COC(=O)N[C@H](C(=O)N1CCC[C@H]1c1ncc(-c2ccc(B3OC(C)(C)C(C)(C)O3)cc2)[nH]1)C(C)C.O=C1O[C@@H](Cn2ccnn2)CN1c1ccc(I)c(F)c1. The van der Waals surface area contributed by atoms with Crippen molar-refractivity contribution in [1.29, 1.82) is 0 Å². The molecule has 0 saturated carbocycles. The summed E-state index contributed by atoms with van der Waals surface area (Å²) in [5.74, 6) is -0.00945. The number of aromatic nitrogens is 15. The number of nitrogens with one attached hydrogen (secondary N) is 6. The third-order valence-electron chi connectivity index (χ3n) is 27.2. The normalized spacial score (nSPS) is 19.3. The Bertz CT molecular complexity index is 6410. The van der Waals surface area contributed by atoms with E-state index in [2.05, 4.69) is 76.8 Å². The lowest BCUT2D eigenvalue weighted by molar-refractivity contribution is -0.136. The largest absolute Gasteiger partial charge is 0.494 e. The van der Waals surface area contributed by atoms with Crippen LogP contribution in [0.4, 0.5) is 59.0 Å². The molecule has 6 N–H and O–H groups in total. The minimum absolute atomic E-state index is 0.0764. The van der Waals surface area contributed by atoms with E-state index in [9.17, 15) is 47.5 Å². The highest BCUT2D eigenvalue weighted by molar-refractivity contribution is 14.1. The number of aromatic amines is 3. The van der Waals surface area contributed by atoms with Crippen molar-refractivity contribution >= 4 is 107 Å². The number of nitrogens with zero attached hydrogens (tertiary/aromatic N) is 18. The predicted molar refractivity (Wildman–Crippen MR) is 544 cm³/mol. The topological polar surface area (TPSA) is 461 Å². The number of benzene rings is 6. The van der Waals surface area contributed by atoms with Crippen molar-refractivity contribution in [2.75, 3.05) is 75.3 Å². The number of methoxy groups -OCH3 is 3. The molecule has 0 aliphatic carbocycles. The van der Waals surface area contributed by atoms with Crippen LogP contribution < -0.4 is 36.1 Å². The fraction of sp³-hybridized carbons (Fsp3) is 0.412. The molecule has 46 heteroatoms. The van der Waals surface area contributed by atoms with Crippen molar-refractivity contribution in [3.8, 4) is 56.0 Å². The number of cyclic esters (lactones) is 3. The molecule has 13 heterocycles. The van der Waals surface area contributed by atoms with E-state index in [4.69, 9.17) is 37.7 Å². The number of carbonyl (C=O) groups is 9. The molecule has 6 aromatic carbocycles. The number of ether oxygens (including phenoxy) is 6. The van der Waals surface area contributed by atoms with Gasteiger partial charge in [-0.15, -0.1) is 15.3 Å². The van der Waals surface area contributed by atoms with Gasteiger partial charge in [0.2, 0.25) is 17.7 Å². The number of anilines is 3. The quantitative estimate of drug-likeness (QED) is 0.0158.